The molecule has 0 unspecified atom stereocenters. The first-order chi connectivity index (χ1) is 16.4. The number of para-hydroxylation sites is 1. The molecular formula is C26H17Cl3N2O2S. The molecule has 5 rings (SSSR count). The van der Waals surface area contributed by atoms with Crippen molar-refractivity contribution >= 4 is 74.7 Å². The Bertz CT molecular complexity index is 1460. The number of carbonyl (C=O) groups excluding carboxylic acids is 2. The smallest absolute Gasteiger partial charge is 0.293 e. The minimum atomic E-state index is -0.367. The number of nitrogens with zero attached hydrogens (tertiary/aromatic N) is 2. The molecule has 170 valence electrons. The number of carbonyl (C=O) groups is 2. The molecule has 1 aliphatic rings. The van der Waals surface area contributed by atoms with E-state index in [4.69, 9.17) is 34.8 Å². The number of imide groups is 1. The van der Waals surface area contributed by atoms with E-state index in [9.17, 15) is 9.59 Å². The molecule has 0 radical (unpaired) electrons. The van der Waals surface area contributed by atoms with Crippen LogP contribution < -0.4 is 0 Å². The van der Waals surface area contributed by atoms with Gasteiger partial charge in [0.2, 0.25) is 0 Å². The van der Waals surface area contributed by atoms with Gasteiger partial charge in [-0.05, 0) is 47.7 Å². The monoisotopic (exact) mass is 526 g/mol. The third-order valence-corrected chi connectivity index (χ3v) is 7.64. The molecular weight excluding hydrogens is 511 g/mol. The van der Waals surface area contributed by atoms with Crippen molar-refractivity contribution in [2.75, 3.05) is 0 Å². The van der Waals surface area contributed by atoms with Crippen LogP contribution in [0, 0.1) is 0 Å². The first kappa shape index (κ1) is 23.1. The standard InChI is InChI=1S/C26H17Cl3N2O2S/c27-20-8-3-1-6-16(20)13-30-14-17(18-7-2-4-11-23(18)30)12-24-25(32)31(26(33)34-24)15-19-21(28)9-5-10-22(19)29/h1-12,14H,13,15H2/b24-12+. The van der Waals surface area contributed by atoms with Crippen LogP contribution in [-0.2, 0) is 17.9 Å². The van der Waals surface area contributed by atoms with Gasteiger partial charge in [-0.15, -0.1) is 0 Å². The lowest BCUT2D eigenvalue weighted by molar-refractivity contribution is -0.123. The number of aromatic nitrogens is 1. The molecule has 8 heteroatoms. The predicted octanol–water partition coefficient (Wildman–Crippen LogP) is 7.89. The summed E-state index contributed by atoms with van der Waals surface area (Å²) in [5.74, 6) is -0.367. The Morgan fingerprint density at radius 1 is 0.794 bits per heavy atom. The lowest BCUT2D eigenvalue weighted by atomic mass is 10.1. The first-order valence-electron chi connectivity index (χ1n) is 10.4. The van der Waals surface area contributed by atoms with Crippen LogP contribution in [0.4, 0.5) is 4.79 Å². The summed E-state index contributed by atoms with van der Waals surface area (Å²) >= 11 is 19.8. The summed E-state index contributed by atoms with van der Waals surface area (Å²) in [6.45, 7) is 0.606. The molecule has 3 aromatic carbocycles. The number of thioether (sulfide) groups is 1. The highest BCUT2D eigenvalue weighted by atomic mass is 35.5. The Labute approximate surface area is 215 Å². The van der Waals surface area contributed by atoms with E-state index in [0.717, 1.165) is 33.8 Å². The lowest BCUT2D eigenvalue weighted by Crippen LogP contribution is -2.27. The summed E-state index contributed by atoms with van der Waals surface area (Å²) in [4.78, 5) is 27.3. The summed E-state index contributed by atoms with van der Waals surface area (Å²) in [6.07, 6.45) is 3.75. The number of halogens is 3. The number of rotatable bonds is 5. The number of amides is 2. The van der Waals surface area contributed by atoms with Gasteiger partial charge < -0.3 is 4.57 Å². The fourth-order valence-corrected chi connectivity index (χ4v) is 5.49. The first-order valence-corrected chi connectivity index (χ1v) is 12.4. The number of fused-ring (bicyclic) bond motifs is 1. The number of benzene rings is 3. The van der Waals surface area contributed by atoms with Crippen LogP contribution in [-0.4, -0.2) is 20.6 Å². The van der Waals surface area contributed by atoms with Crippen LogP contribution in [0.5, 0.6) is 0 Å². The lowest BCUT2D eigenvalue weighted by Gasteiger charge is -2.14. The van der Waals surface area contributed by atoms with Crippen molar-refractivity contribution in [3.63, 3.8) is 0 Å². The van der Waals surface area contributed by atoms with Crippen molar-refractivity contribution in [3.8, 4) is 0 Å². The van der Waals surface area contributed by atoms with Gasteiger partial charge in [0, 0.05) is 49.8 Å². The summed E-state index contributed by atoms with van der Waals surface area (Å²) in [6, 6.07) is 20.7. The van der Waals surface area contributed by atoms with Crippen molar-refractivity contribution in [3.05, 3.63) is 110 Å². The number of hydrogen-bond acceptors (Lipinski definition) is 3. The Morgan fingerprint density at radius 3 is 2.24 bits per heavy atom. The fraction of sp³-hybridized carbons (Fsp3) is 0.0769. The molecule has 0 bridgehead atoms. The topological polar surface area (TPSA) is 42.3 Å². The maximum atomic E-state index is 13.1. The van der Waals surface area contributed by atoms with Crippen LogP contribution in [0.1, 0.15) is 16.7 Å². The van der Waals surface area contributed by atoms with E-state index >= 15 is 0 Å². The van der Waals surface area contributed by atoms with E-state index in [2.05, 4.69) is 4.57 Å². The van der Waals surface area contributed by atoms with Crippen LogP contribution in [0.2, 0.25) is 15.1 Å². The Balaban J connectivity index is 1.48. The maximum absolute atomic E-state index is 13.1. The summed E-state index contributed by atoms with van der Waals surface area (Å²) < 4.78 is 2.09. The Hall–Kier alpha value is -2.70. The molecule has 0 aliphatic carbocycles. The van der Waals surface area contributed by atoms with Crippen molar-refractivity contribution in [1.29, 1.82) is 0 Å². The van der Waals surface area contributed by atoms with E-state index in [1.807, 2.05) is 54.7 Å². The highest BCUT2D eigenvalue weighted by Crippen LogP contribution is 2.37. The molecule has 4 aromatic rings. The molecule has 0 N–H and O–H groups in total. The highest BCUT2D eigenvalue weighted by molar-refractivity contribution is 8.18. The van der Waals surface area contributed by atoms with Gasteiger partial charge in [-0.25, -0.2) is 0 Å². The molecule has 4 nitrogen and oxygen atoms in total. The maximum Gasteiger partial charge on any atom is 0.293 e. The summed E-state index contributed by atoms with van der Waals surface area (Å²) in [5, 5.41) is 2.15. The molecule has 1 fully saturated rings. The molecule has 0 atom stereocenters. The zero-order valence-electron chi connectivity index (χ0n) is 17.7. The number of hydrogen-bond donors (Lipinski definition) is 0. The average molecular weight is 528 g/mol. The van der Waals surface area contributed by atoms with Gasteiger partial charge in [-0.3, -0.25) is 14.5 Å². The van der Waals surface area contributed by atoms with Gasteiger partial charge in [0.25, 0.3) is 11.1 Å². The van der Waals surface area contributed by atoms with Gasteiger partial charge in [0.05, 0.1) is 11.4 Å². The van der Waals surface area contributed by atoms with Gasteiger partial charge in [0.15, 0.2) is 0 Å². The largest absolute Gasteiger partial charge is 0.342 e. The second kappa shape index (κ2) is 9.51. The zero-order valence-corrected chi connectivity index (χ0v) is 20.8. The molecule has 1 saturated heterocycles. The van der Waals surface area contributed by atoms with Crippen LogP contribution in [0.15, 0.2) is 77.8 Å². The van der Waals surface area contributed by atoms with Crippen LogP contribution in [0.3, 0.4) is 0 Å². The van der Waals surface area contributed by atoms with Gasteiger partial charge in [-0.2, -0.15) is 0 Å². The van der Waals surface area contributed by atoms with Gasteiger partial charge in [-0.1, -0.05) is 77.3 Å². The van der Waals surface area contributed by atoms with E-state index in [1.54, 1.807) is 24.3 Å². The van der Waals surface area contributed by atoms with Crippen LogP contribution >= 0.6 is 46.6 Å². The molecule has 1 aromatic heterocycles. The second-order valence-corrected chi connectivity index (χ2v) is 10.0. The van der Waals surface area contributed by atoms with Gasteiger partial charge in [0.1, 0.15) is 0 Å². The van der Waals surface area contributed by atoms with Crippen molar-refractivity contribution in [2.45, 2.75) is 13.1 Å². The van der Waals surface area contributed by atoms with Crippen molar-refractivity contribution in [1.82, 2.24) is 9.47 Å². The van der Waals surface area contributed by atoms with Crippen molar-refractivity contribution < 1.29 is 9.59 Å². The predicted molar refractivity (Wildman–Crippen MR) is 140 cm³/mol. The quantitative estimate of drug-likeness (QED) is 0.248. The molecule has 2 heterocycles. The Morgan fingerprint density at radius 2 is 1.47 bits per heavy atom. The Kier molecular flexibility index (Phi) is 6.45. The summed E-state index contributed by atoms with van der Waals surface area (Å²) in [7, 11) is 0. The molecule has 0 spiro atoms. The fourth-order valence-electron chi connectivity index (χ4n) is 3.95. The van der Waals surface area contributed by atoms with Gasteiger partial charge >= 0.3 is 0 Å². The van der Waals surface area contributed by atoms with E-state index in [1.165, 1.54) is 4.90 Å². The molecule has 0 saturated carbocycles. The van der Waals surface area contributed by atoms with Crippen LogP contribution in [0.25, 0.3) is 17.0 Å². The third-order valence-electron chi connectivity index (χ3n) is 5.66. The van der Waals surface area contributed by atoms with E-state index < -0.39 is 0 Å². The molecule has 34 heavy (non-hydrogen) atoms. The van der Waals surface area contributed by atoms with E-state index in [-0.39, 0.29) is 17.7 Å². The molecule has 1 aliphatic heterocycles. The zero-order chi connectivity index (χ0) is 23.8. The average Bonchev–Trinajstić information content (AvgIpc) is 3.29. The minimum Gasteiger partial charge on any atom is -0.342 e. The second-order valence-electron chi connectivity index (χ2n) is 7.79. The SMILES string of the molecule is O=C1S/C(=C/c2cn(Cc3ccccc3Cl)c3ccccc23)C(=O)N1Cc1c(Cl)cccc1Cl. The highest BCUT2D eigenvalue weighted by Gasteiger charge is 2.36. The molecule has 2 amide bonds. The van der Waals surface area contributed by atoms with E-state index in [0.29, 0.717) is 32.1 Å². The third kappa shape index (κ3) is 4.37. The normalized spacial score (nSPS) is 15.1. The summed E-state index contributed by atoms with van der Waals surface area (Å²) in [5.41, 5.74) is 3.40. The van der Waals surface area contributed by atoms with Crippen molar-refractivity contribution in [2.24, 2.45) is 0 Å². The minimum absolute atomic E-state index is 0.0226.